The summed E-state index contributed by atoms with van der Waals surface area (Å²) in [4.78, 5) is 12.3. The van der Waals surface area contributed by atoms with E-state index in [4.69, 9.17) is 11.6 Å². The largest absolute Gasteiger partial charge is 0.435 e. The van der Waals surface area contributed by atoms with E-state index in [-0.39, 0.29) is 12.2 Å². The van der Waals surface area contributed by atoms with Crippen LogP contribution >= 0.6 is 11.6 Å². The number of anilines is 1. The minimum absolute atomic E-state index is 0.136. The highest BCUT2D eigenvalue weighted by Crippen LogP contribution is 2.30. The van der Waals surface area contributed by atoms with Gasteiger partial charge in [0, 0.05) is 10.7 Å². The maximum Gasteiger partial charge on any atom is 0.435 e. The molecule has 156 valence electrons. The van der Waals surface area contributed by atoms with Crippen LogP contribution in [-0.2, 0) is 25.6 Å². The van der Waals surface area contributed by atoms with Gasteiger partial charge in [-0.15, -0.1) is 0 Å². The zero-order valence-corrected chi connectivity index (χ0v) is 16.5. The molecule has 1 aliphatic carbocycles. The molecule has 0 atom stereocenters. The van der Waals surface area contributed by atoms with E-state index in [0.717, 1.165) is 30.0 Å². The number of aromatic nitrogens is 2. The van der Waals surface area contributed by atoms with E-state index in [9.17, 15) is 18.0 Å². The molecule has 2 amide bonds. The van der Waals surface area contributed by atoms with E-state index < -0.39 is 17.9 Å². The maximum atomic E-state index is 13.2. The molecular formula is C21H18ClF3N4O. The summed E-state index contributed by atoms with van der Waals surface area (Å²) in [6.45, 7) is -0.136. The summed E-state index contributed by atoms with van der Waals surface area (Å²) < 4.78 is 40.6. The lowest BCUT2D eigenvalue weighted by Gasteiger charge is -2.11. The van der Waals surface area contributed by atoms with Crippen LogP contribution in [0.1, 0.15) is 28.9 Å². The number of hydrogen-bond acceptors (Lipinski definition) is 2. The number of alkyl halides is 3. The summed E-state index contributed by atoms with van der Waals surface area (Å²) >= 11 is 5.86. The quantitative estimate of drug-likeness (QED) is 0.581. The van der Waals surface area contributed by atoms with Gasteiger partial charge in [0.15, 0.2) is 5.69 Å². The number of nitrogens with zero attached hydrogens (tertiary/aromatic N) is 2. The van der Waals surface area contributed by atoms with Gasteiger partial charge in [-0.05, 0) is 72.9 Å². The normalized spacial score (nSPS) is 13.2. The van der Waals surface area contributed by atoms with Crippen molar-refractivity contribution in [1.29, 1.82) is 0 Å². The molecule has 1 aliphatic rings. The Balaban J connectivity index is 1.50. The number of carbonyl (C=O) groups excluding carboxylic acids is 1. The Hall–Kier alpha value is -3.00. The van der Waals surface area contributed by atoms with Crippen molar-refractivity contribution >= 4 is 23.3 Å². The Kier molecular flexibility index (Phi) is 5.42. The van der Waals surface area contributed by atoms with Crippen molar-refractivity contribution in [1.82, 2.24) is 15.1 Å². The molecule has 4 rings (SSSR count). The average Bonchev–Trinajstić information content (AvgIpc) is 3.33. The minimum atomic E-state index is -4.60. The molecule has 3 aromatic rings. The number of carbonyl (C=O) groups is 1. The topological polar surface area (TPSA) is 59.0 Å². The Bertz CT molecular complexity index is 1080. The molecule has 2 aromatic carbocycles. The van der Waals surface area contributed by atoms with Gasteiger partial charge in [-0.3, -0.25) is 0 Å². The first-order valence-electron chi connectivity index (χ1n) is 9.38. The Morgan fingerprint density at radius 3 is 2.53 bits per heavy atom. The Morgan fingerprint density at radius 1 is 1.07 bits per heavy atom. The van der Waals surface area contributed by atoms with E-state index >= 15 is 0 Å². The van der Waals surface area contributed by atoms with Crippen LogP contribution in [-0.4, -0.2) is 15.8 Å². The van der Waals surface area contributed by atoms with Crippen molar-refractivity contribution in [3.63, 3.8) is 0 Å². The van der Waals surface area contributed by atoms with Gasteiger partial charge in [0.05, 0.1) is 17.9 Å². The van der Waals surface area contributed by atoms with Crippen LogP contribution in [0.5, 0.6) is 0 Å². The summed E-state index contributed by atoms with van der Waals surface area (Å²) in [5, 5.41) is 9.44. The fraction of sp³-hybridized carbons (Fsp3) is 0.238. The summed E-state index contributed by atoms with van der Waals surface area (Å²) in [5.41, 5.74) is 2.71. The summed E-state index contributed by atoms with van der Waals surface area (Å²) in [6.07, 6.45) is -1.48. The molecule has 0 unspecified atom stereocenters. The third-order valence-electron chi connectivity index (χ3n) is 4.93. The lowest BCUT2D eigenvalue weighted by molar-refractivity contribution is -0.141. The number of urea groups is 1. The fourth-order valence-corrected chi connectivity index (χ4v) is 3.61. The number of aryl methyl sites for hydroxylation is 2. The molecule has 1 heterocycles. The molecule has 0 aliphatic heterocycles. The van der Waals surface area contributed by atoms with Crippen LogP contribution in [0.15, 0.2) is 48.5 Å². The second kappa shape index (κ2) is 8.02. The van der Waals surface area contributed by atoms with E-state index in [1.54, 1.807) is 24.3 Å². The monoisotopic (exact) mass is 434 g/mol. The third-order valence-corrected chi connectivity index (χ3v) is 5.18. The number of amides is 2. The molecule has 0 bridgehead atoms. The van der Waals surface area contributed by atoms with Crippen molar-refractivity contribution in [2.24, 2.45) is 0 Å². The number of benzene rings is 2. The molecule has 0 saturated carbocycles. The molecule has 0 spiro atoms. The van der Waals surface area contributed by atoms with Gasteiger partial charge in [-0.2, -0.15) is 18.3 Å². The summed E-state index contributed by atoms with van der Waals surface area (Å²) in [6, 6.07) is 12.4. The molecule has 30 heavy (non-hydrogen) atoms. The van der Waals surface area contributed by atoms with Crippen molar-refractivity contribution in [2.75, 3.05) is 5.32 Å². The van der Waals surface area contributed by atoms with E-state index in [2.05, 4.69) is 15.7 Å². The first-order chi connectivity index (χ1) is 14.3. The number of nitrogens with one attached hydrogen (secondary N) is 2. The SMILES string of the molecule is O=C(NCc1cc(C(F)(F)F)nn1-c1ccc(Cl)cc1)Nc1ccc2c(c1)CCC2. The molecule has 5 nitrogen and oxygen atoms in total. The fourth-order valence-electron chi connectivity index (χ4n) is 3.49. The highest BCUT2D eigenvalue weighted by atomic mass is 35.5. The third kappa shape index (κ3) is 4.43. The van der Waals surface area contributed by atoms with E-state index in [1.165, 1.54) is 11.1 Å². The van der Waals surface area contributed by atoms with Gasteiger partial charge in [0.1, 0.15) is 0 Å². The first-order valence-corrected chi connectivity index (χ1v) is 9.76. The van der Waals surface area contributed by atoms with E-state index in [1.807, 2.05) is 18.2 Å². The van der Waals surface area contributed by atoms with Gasteiger partial charge < -0.3 is 10.6 Å². The average molecular weight is 435 g/mol. The van der Waals surface area contributed by atoms with Crippen molar-refractivity contribution in [3.05, 3.63) is 76.1 Å². The first kappa shape index (κ1) is 20.3. The number of halogens is 4. The predicted octanol–water partition coefficient (Wildman–Crippen LogP) is 5.35. The van der Waals surface area contributed by atoms with Crippen LogP contribution in [0.25, 0.3) is 5.69 Å². The van der Waals surface area contributed by atoms with Crippen LogP contribution < -0.4 is 10.6 Å². The van der Waals surface area contributed by atoms with E-state index in [0.29, 0.717) is 16.4 Å². The van der Waals surface area contributed by atoms with Crippen LogP contribution in [0.4, 0.5) is 23.7 Å². The Labute approximate surface area is 175 Å². The van der Waals surface area contributed by atoms with Crippen LogP contribution in [0.3, 0.4) is 0 Å². The molecule has 0 saturated heterocycles. The molecule has 2 N–H and O–H groups in total. The summed E-state index contributed by atoms with van der Waals surface area (Å²) in [7, 11) is 0. The maximum absolute atomic E-state index is 13.2. The van der Waals surface area contributed by atoms with Crippen molar-refractivity contribution < 1.29 is 18.0 Å². The number of rotatable bonds is 4. The molecule has 0 fully saturated rings. The van der Waals surface area contributed by atoms with Gasteiger partial charge in [0.2, 0.25) is 0 Å². The predicted molar refractivity (Wildman–Crippen MR) is 108 cm³/mol. The van der Waals surface area contributed by atoms with Crippen LogP contribution in [0, 0.1) is 0 Å². The van der Waals surface area contributed by atoms with Crippen molar-refractivity contribution in [2.45, 2.75) is 32.0 Å². The smallest absolute Gasteiger partial charge is 0.332 e. The summed E-state index contributed by atoms with van der Waals surface area (Å²) in [5.74, 6) is 0. The zero-order valence-electron chi connectivity index (χ0n) is 15.8. The lowest BCUT2D eigenvalue weighted by Crippen LogP contribution is -2.29. The zero-order chi connectivity index (χ0) is 21.3. The number of fused-ring (bicyclic) bond motifs is 1. The standard InChI is InChI=1S/C21H18ClF3N4O/c22-15-5-8-17(9-6-15)29-18(11-19(28-29)21(23,24)25)12-26-20(30)27-16-7-4-13-2-1-3-14(13)10-16/h4-11H,1-3,12H2,(H2,26,27,30). The van der Waals surface area contributed by atoms with Gasteiger partial charge in [-0.25, -0.2) is 9.48 Å². The molecule has 1 aromatic heterocycles. The minimum Gasteiger partial charge on any atom is -0.332 e. The van der Waals surface area contributed by atoms with Gasteiger partial charge in [0.25, 0.3) is 0 Å². The van der Waals surface area contributed by atoms with Crippen molar-refractivity contribution in [3.8, 4) is 5.69 Å². The molecule has 9 heteroatoms. The highest BCUT2D eigenvalue weighted by molar-refractivity contribution is 6.30. The lowest BCUT2D eigenvalue weighted by atomic mass is 10.1. The molecular weight excluding hydrogens is 417 g/mol. The highest BCUT2D eigenvalue weighted by Gasteiger charge is 2.35. The van der Waals surface area contributed by atoms with Gasteiger partial charge in [-0.1, -0.05) is 17.7 Å². The number of hydrogen-bond donors (Lipinski definition) is 2. The second-order valence-corrected chi connectivity index (χ2v) is 7.49. The Morgan fingerprint density at radius 2 is 1.80 bits per heavy atom. The van der Waals surface area contributed by atoms with Gasteiger partial charge >= 0.3 is 12.2 Å². The molecule has 0 radical (unpaired) electrons. The van der Waals surface area contributed by atoms with Crippen LogP contribution in [0.2, 0.25) is 5.02 Å². The second-order valence-electron chi connectivity index (χ2n) is 7.05.